The number of nitrogens with one attached hydrogen (secondary N) is 1. The third kappa shape index (κ3) is 40.2. The van der Waals surface area contributed by atoms with Crippen LogP contribution < -0.4 is 5.32 Å². The zero-order chi connectivity index (χ0) is 39.4. The minimum atomic E-state index is -0.949. The summed E-state index contributed by atoms with van der Waals surface area (Å²) in [6, 6.07) is -0.759. The van der Waals surface area contributed by atoms with Gasteiger partial charge in [-0.05, 0) is 57.8 Å². The Morgan fingerprint density at radius 2 is 0.796 bits per heavy atom. The molecule has 0 saturated heterocycles. The Labute approximate surface area is 336 Å². The molecule has 0 aliphatic carbocycles. The number of carbonyl (C=O) groups excluding carboxylic acids is 1. The van der Waals surface area contributed by atoms with Crippen LogP contribution in [-0.2, 0) is 4.79 Å². The van der Waals surface area contributed by atoms with E-state index in [4.69, 9.17) is 0 Å². The molecule has 0 saturated carbocycles. The molecular weight excluding hydrogens is 667 g/mol. The van der Waals surface area contributed by atoms with Crippen molar-refractivity contribution in [3.8, 4) is 0 Å². The van der Waals surface area contributed by atoms with Crippen LogP contribution in [0.2, 0.25) is 0 Å². The predicted molar refractivity (Wildman–Crippen MR) is 236 cm³/mol. The number of allylic oxidation sites excluding steroid dienone is 5. The lowest BCUT2D eigenvalue weighted by Gasteiger charge is -2.21. The fraction of sp³-hybridized carbons (Fsp3) is 0.857. The molecule has 0 aromatic heterocycles. The van der Waals surface area contributed by atoms with Gasteiger partial charge in [-0.15, -0.1) is 0 Å². The lowest BCUT2D eigenvalue weighted by Crippen LogP contribution is -2.45. The second-order valence-electron chi connectivity index (χ2n) is 16.4. The van der Waals surface area contributed by atoms with Crippen molar-refractivity contribution >= 4 is 5.91 Å². The van der Waals surface area contributed by atoms with Crippen LogP contribution in [0.3, 0.4) is 0 Å². The topological polar surface area (TPSA) is 89.8 Å². The molecule has 54 heavy (non-hydrogen) atoms. The van der Waals surface area contributed by atoms with Gasteiger partial charge >= 0.3 is 0 Å². The van der Waals surface area contributed by atoms with Crippen molar-refractivity contribution in [2.45, 2.75) is 263 Å². The lowest BCUT2D eigenvalue weighted by atomic mass is 10.0. The standard InChI is InChI=1S/C49H93NO4/c1-3-5-7-9-11-13-15-16-17-18-19-20-21-22-23-24-25-26-27-28-29-30-31-33-34-36-38-40-42-46(52)44-49(54)50-47(45-51)48(53)43-41-39-37-35-32-14-12-10-8-6-4-2/h22-23,32,35,41,43,46-48,51-53H,3-21,24-31,33-34,36-40,42,44-45H2,1-2H3,(H,50,54)/b23-22-,35-32+,43-41+. The van der Waals surface area contributed by atoms with Gasteiger partial charge in [-0.25, -0.2) is 0 Å². The van der Waals surface area contributed by atoms with E-state index in [-0.39, 0.29) is 18.9 Å². The quantitative estimate of drug-likeness (QED) is 0.0368. The number of hydrogen-bond acceptors (Lipinski definition) is 4. The molecule has 5 nitrogen and oxygen atoms in total. The van der Waals surface area contributed by atoms with Gasteiger partial charge in [0.2, 0.25) is 5.91 Å². The van der Waals surface area contributed by atoms with Crippen molar-refractivity contribution in [2.75, 3.05) is 6.61 Å². The molecule has 318 valence electrons. The molecule has 0 aromatic rings. The second kappa shape index (κ2) is 44.3. The van der Waals surface area contributed by atoms with Gasteiger partial charge in [-0.3, -0.25) is 4.79 Å². The van der Waals surface area contributed by atoms with E-state index in [9.17, 15) is 20.1 Å². The summed E-state index contributed by atoms with van der Waals surface area (Å²) in [5.74, 6) is -0.326. The van der Waals surface area contributed by atoms with Gasteiger partial charge in [0.05, 0.1) is 31.3 Å². The van der Waals surface area contributed by atoms with Crippen molar-refractivity contribution in [1.82, 2.24) is 5.32 Å². The fourth-order valence-electron chi connectivity index (χ4n) is 7.23. The molecule has 5 heteroatoms. The van der Waals surface area contributed by atoms with Gasteiger partial charge in [-0.1, -0.05) is 217 Å². The molecule has 0 heterocycles. The van der Waals surface area contributed by atoms with E-state index < -0.39 is 18.2 Å². The second-order valence-corrected chi connectivity index (χ2v) is 16.4. The first-order chi connectivity index (χ1) is 26.5. The fourth-order valence-corrected chi connectivity index (χ4v) is 7.23. The van der Waals surface area contributed by atoms with Crippen molar-refractivity contribution in [1.29, 1.82) is 0 Å². The summed E-state index contributed by atoms with van der Waals surface area (Å²) in [5.41, 5.74) is 0. The maximum Gasteiger partial charge on any atom is 0.222 e. The Bertz CT molecular complexity index is 840. The smallest absolute Gasteiger partial charge is 0.222 e. The van der Waals surface area contributed by atoms with Crippen LogP contribution in [0, 0.1) is 0 Å². The summed E-state index contributed by atoms with van der Waals surface area (Å²) in [6.45, 7) is 4.18. The molecule has 0 spiro atoms. The van der Waals surface area contributed by atoms with Crippen LogP contribution in [0.1, 0.15) is 245 Å². The van der Waals surface area contributed by atoms with Crippen molar-refractivity contribution in [3.05, 3.63) is 36.5 Å². The largest absolute Gasteiger partial charge is 0.394 e. The van der Waals surface area contributed by atoms with Crippen molar-refractivity contribution in [3.63, 3.8) is 0 Å². The number of aliphatic hydroxyl groups is 3. The summed E-state index contributed by atoms with van der Waals surface area (Å²) in [6.07, 6.45) is 56.0. The minimum absolute atomic E-state index is 0.00633. The number of rotatable bonds is 43. The van der Waals surface area contributed by atoms with E-state index in [1.165, 1.54) is 186 Å². The number of hydrogen-bond donors (Lipinski definition) is 4. The third-order valence-electron chi connectivity index (χ3n) is 10.9. The zero-order valence-electron chi connectivity index (χ0n) is 36.1. The van der Waals surface area contributed by atoms with Gasteiger partial charge in [0.25, 0.3) is 0 Å². The van der Waals surface area contributed by atoms with Gasteiger partial charge < -0.3 is 20.6 Å². The molecule has 1 amide bonds. The zero-order valence-corrected chi connectivity index (χ0v) is 36.1. The van der Waals surface area contributed by atoms with Crippen LogP contribution in [0.25, 0.3) is 0 Å². The maximum atomic E-state index is 12.4. The van der Waals surface area contributed by atoms with Crippen LogP contribution in [0.4, 0.5) is 0 Å². The van der Waals surface area contributed by atoms with Gasteiger partial charge in [-0.2, -0.15) is 0 Å². The lowest BCUT2D eigenvalue weighted by molar-refractivity contribution is -0.124. The summed E-state index contributed by atoms with van der Waals surface area (Å²) < 4.78 is 0. The molecule has 3 unspecified atom stereocenters. The highest BCUT2D eigenvalue weighted by atomic mass is 16.3. The Morgan fingerprint density at radius 1 is 0.463 bits per heavy atom. The maximum absolute atomic E-state index is 12.4. The van der Waals surface area contributed by atoms with Gasteiger partial charge in [0, 0.05) is 0 Å². The van der Waals surface area contributed by atoms with E-state index in [0.29, 0.717) is 6.42 Å². The van der Waals surface area contributed by atoms with Crippen LogP contribution in [0.15, 0.2) is 36.5 Å². The molecule has 0 bridgehead atoms. The number of unbranched alkanes of at least 4 members (excludes halogenated alkanes) is 30. The molecular formula is C49H93NO4. The third-order valence-corrected chi connectivity index (χ3v) is 10.9. The summed E-state index contributed by atoms with van der Waals surface area (Å²) in [4.78, 5) is 12.4. The Morgan fingerprint density at radius 3 is 1.19 bits per heavy atom. The molecule has 0 aliphatic rings. The SMILES string of the molecule is CCCCCCC/C=C/CC/C=C/C(O)C(CO)NC(=O)CC(O)CCCCCCCCCCCCCC/C=C\CCCCCCCCCCCCCC. The Kier molecular flexibility index (Phi) is 43.1. The summed E-state index contributed by atoms with van der Waals surface area (Å²) in [5, 5.41) is 33.1. The van der Waals surface area contributed by atoms with Crippen LogP contribution >= 0.6 is 0 Å². The van der Waals surface area contributed by atoms with E-state index in [1.807, 2.05) is 6.08 Å². The van der Waals surface area contributed by atoms with E-state index in [2.05, 4.69) is 43.5 Å². The van der Waals surface area contributed by atoms with Crippen LogP contribution in [-0.4, -0.2) is 46.1 Å². The summed E-state index contributed by atoms with van der Waals surface area (Å²) in [7, 11) is 0. The predicted octanol–water partition coefficient (Wildman–Crippen LogP) is 13.9. The molecule has 0 radical (unpaired) electrons. The first-order valence-electron chi connectivity index (χ1n) is 23.8. The molecule has 0 rings (SSSR count). The minimum Gasteiger partial charge on any atom is -0.394 e. The molecule has 4 N–H and O–H groups in total. The van der Waals surface area contributed by atoms with Crippen LogP contribution in [0.5, 0.6) is 0 Å². The van der Waals surface area contributed by atoms with Crippen molar-refractivity contribution < 1.29 is 20.1 Å². The highest BCUT2D eigenvalue weighted by molar-refractivity contribution is 5.76. The van der Waals surface area contributed by atoms with Gasteiger partial charge in [0.15, 0.2) is 0 Å². The molecule has 3 atom stereocenters. The number of amides is 1. The highest BCUT2D eigenvalue weighted by Crippen LogP contribution is 2.16. The highest BCUT2D eigenvalue weighted by Gasteiger charge is 2.20. The Balaban J connectivity index is 3.55. The van der Waals surface area contributed by atoms with E-state index in [1.54, 1.807) is 6.08 Å². The first-order valence-corrected chi connectivity index (χ1v) is 23.8. The van der Waals surface area contributed by atoms with Crippen molar-refractivity contribution in [2.24, 2.45) is 0 Å². The number of aliphatic hydroxyl groups excluding tert-OH is 3. The number of carbonyl (C=O) groups is 1. The van der Waals surface area contributed by atoms with Gasteiger partial charge in [0.1, 0.15) is 0 Å². The average molecular weight is 760 g/mol. The molecule has 0 aromatic carbocycles. The van der Waals surface area contributed by atoms with E-state index >= 15 is 0 Å². The monoisotopic (exact) mass is 760 g/mol. The molecule has 0 aliphatic heterocycles. The van der Waals surface area contributed by atoms with E-state index in [0.717, 1.165) is 32.1 Å². The normalized spacial score (nSPS) is 13.8. The summed E-state index contributed by atoms with van der Waals surface area (Å²) >= 11 is 0. The molecule has 0 fully saturated rings. The average Bonchev–Trinajstić information content (AvgIpc) is 3.16. The first kappa shape index (κ1) is 52.6. The Hall–Kier alpha value is -1.43.